The fourth-order valence-corrected chi connectivity index (χ4v) is 11.8. The van der Waals surface area contributed by atoms with E-state index in [0.717, 1.165) is 12.8 Å². The number of hydrogen-bond acceptors (Lipinski definition) is 24. The van der Waals surface area contributed by atoms with Gasteiger partial charge >= 0.3 is 0 Å². The maximum atomic E-state index is 12.5. The highest BCUT2D eigenvalue weighted by Gasteiger charge is 2.47. The summed E-state index contributed by atoms with van der Waals surface area (Å²) < 4.78 is 11.6. The SMILES string of the molecule is C=C/C=C/CC/C=C/C=C/C=C/CC/C=C/[C@H](O)[C@H](O)[C@@H]1O[C@@H]([C@H](O)[C@H](O)C(=C)CC[C@@H](O)C2C[C@@H](O)[C@@H](O)[C@H]([C@@H](O)[C@H](O)/C=C(\C)CCC(O)CC(O)C(O)C(C)CC(O)C(O)CC(C)CCC(O)CC(=O)CC(O)CCCC(O)CCCCC(O)CO)O2)C[C@@H](O)[C@H]1O. The quantitative estimate of drug-likeness (QED) is 0.0232. The zero-order valence-corrected chi connectivity index (χ0v) is 56.1. The maximum Gasteiger partial charge on any atom is 0.138 e. The molecule has 0 aromatic carbocycles. The van der Waals surface area contributed by atoms with Gasteiger partial charge in [0.25, 0.3) is 0 Å². The van der Waals surface area contributed by atoms with Crippen LogP contribution in [0.4, 0.5) is 0 Å². The third kappa shape index (κ3) is 35.0. The lowest BCUT2D eigenvalue weighted by atomic mass is 9.86. The van der Waals surface area contributed by atoms with E-state index in [4.69, 9.17) is 14.6 Å². The molecule has 2 rings (SSSR count). The third-order valence-electron chi connectivity index (χ3n) is 18.0. The smallest absolute Gasteiger partial charge is 0.138 e. The van der Waals surface area contributed by atoms with E-state index in [-0.39, 0.29) is 101 Å². The lowest BCUT2D eigenvalue weighted by molar-refractivity contribution is -0.234. The van der Waals surface area contributed by atoms with Crippen LogP contribution in [0.3, 0.4) is 0 Å². The maximum absolute atomic E-state index is 12.5. The first-order valence-electron chi connectivity index (χ1n) is 34.2. The number of aliphatic hydroxyl groups excluding tert-OH is 21. The summed E-state index contributed by atoms with van der Waals surface area (Å²) in [4.78, 5) is 12.5. The third-order valence-corrected chi connectivity index (χ3v) is 18.0. The van der Waals surface area contributed by atoms with Gasteiger partial charge in [0.15, 0.2) is 0 Å². The second kappa shape index (κ2) is 48.4. The Balaban J connectivity index is 1.80. The van der Waals surface area contributed by atoms with E-state index in [9.17, 15) is 107 Å². The van der Waals surface area contributed by atoms with Crippen molar-refractivity contribution in [1.29, 1.82) is 0 Å². The van der Waals surface area contributed by atoms with Gasteiger partial charge in [-0.2, -0.15) is 0 Å². The molecule has 2 fully saturated rings. The summed E-state index contributed by atoms with van der Waals surface area (Å²) in [7, 11) is 0. The van der Waals surface area contributed by atoms with Crippen molar-refractivity contribution in [2.75, 3.05) is 6.61 Å². The monoisotopic (exact) mass is 1360 g/mol. The predicted molar refractivity (Wildman–Crippen MR) is 357 cm³/mol. The number of ketones is 1. The number of carbonyl (C=O) groups is 1. The molecule has 95 heavy (non-hydrogen) atoms. The largest absolute Gasteiger partial charge is 0.394 e. The van der Waals surface area contributed by atoms with Crippen LogP contribution in [-0.4, -0.2) is 266 Å². The van der Waals surface area contributed by atoms with Crippen LogP contribution in [0.5, 0.6) is 0 Å². The normalized spacial score (nSPS) is 26.8. The molecule has 0 amide bonds. The molecule has 2 aliphatic rings. The van der Waals surface area contributed by atoms with E-state index in [1.165, 1.54) is 12.2 Å². The van der Waals surface area contributed by atoms with Crippen molar-refractivity contribution in [1.82, 2.24) is 0 Å². The van der Waals surface area contributed by atoms with Gasteiger partial charge in [-0.25, -0.2) is 0 Å². The van der Waals surface area contributed by atoms with E-state index < -0.39 is 152 Å². The molecule has 2 heterocycles. The van der Waals surface area contributed by atoms with Crippen LogP contribution < -0.4 is 0 Å². The number of ether oxygens (including phenoxy) is 2. The Bertz CT molecular complexity index is 2260. The van der Waals surface area contributed by atoms with Crippen molar-refractivity contribution in [3.05, 3.63) is 97.2 Å². The molecule has 0 aromatic heterocycles. The molecule has 24 heteroatoms. The molecule has 26 atom stereocenters. The average Bonchev–Trinajstić information content (AvgIpc) is 0.840. The van der Waals surface area contributed by atoms with E-state index in [0.29, 0.717) is 69.8 Å². The average molecular weight is 1360 g/mol. The Morgan fingerprint density at radius 2 is 1.02 bits per heavy atom. The molecule has 24 nitrogen and oxygen atoms in total. The van der Waals surface area contributed by atoms with Crippen molar-refractivity contribution in [3.8, 4) is 0 Å². The van der Waals surface area contributed by atoms with Crippen LogP contribution in [0.25, 0.3) is 0 Å². The number of unbranched alkanes of at least 4 members (excludes halogenated alkanes) is 3. The first-order valence-corrected chi connectivity index (χ1v) is 34.2. The molecule has 0 aromatic rings. The second-order valence-electron chi connectivity index (χ2n) is 26.7. The number of rotatable bonds is 51. The van der Waals surface area contributed by atoms with E-state index in [1.807, 2.05) is 55.5 Å². The van der Waals surface area contributed by atoms with Crippen LogP contribution in [-0.2, 0) is 14.3 Å². The van der Waals surface area contributed by atoms with Crippen LogP contribution >= 0.6 is 0 Å². The summed E-state index contributed by atoms with van der Waals surface area (Å²) in [6.45, 7) is 12.1. The van der Waals surface area contributed by atoms with Crippen molar-refractivity contribution in [2.24, 2.45) is 11.8 Å². The minimum Gasteiger partial charge on any atom is -0.394 e. The number of Topliss-reactive ketones (excluding diaryl/α,β-unsaturated/α-hetero) is 1. The Labute approximate surface area is 562 Å². The molecule has 0 bridgehead atoms. The van der Waals surface area contributed by atoms with E-state index in [1.54, 1.807) is 26.0 Å². The van der Waals surface area contributed by atoms with Gasteiger partial charge in [0.2, 0.25) is 0 Å². The van der Waals surface area contributed by atoms with Gasteiger partial charge in [0, 0.05) is 32.1 Å². The zero-order valence-electron chi connectivity index (χ0n) is 56.1. The molecule has 21 N–H and O–H groups in total. The first kappa shape index (κ1) is 87.8. The summed E-state index contributed by atoms with van der Waals surface area (Å²) in [5, 5.41) is 224. The van der Waals surface area contributed by atoms with Crippen LogP contribution in [0.1, 0.15) is 175 Å². The molecule has 0 radical (unpaired) electrons. The highest BCUT2D eigenvalue weighted by atomic mass is 16.6. The second-order valence-corrected chi connectivity index (χ2v) is 26.7. The van der Waals surface area contributed by atoms with Gasteiger partial charge in [-0.15, -0.1) is 0 Å². The van der Waals surface area contributed by atoms with Crippen molar-refractivity contribution >= 4 is 5.78 Å². The van der Waals surface area contributed by atoms with Gasteiger partial charge in [-0.1, -0.05) is 118 Å². The van der Waals surface area contributed by atoms with E-state index in [2.05, 4.69) is 13.2 Å². The highest BCUT2D eigenvalue weighted by molar-refractivity contribution is 5.79. The summed E-state index contributed by atoms with van der Waals surface area (Å²) in [6, 6.07) is 0. The van der Waals surface area contributed by atoms with Crippen molar-refractivity contribution in [2.45, 2.75) is 321 Å². The highest BCUT2D eigenvalue weighted by Crippen LogP contribution is 2.32. The summed E-state index contributed by atoms with van der Waals surface area (Å²) >= 11 is 0. The first-order chi connectivity index (χ1) is 44.9. The summed E-state index contributed by atoms with van der Waals surface area (Å²) in [5.41, 5.74) is 0.458. The van der Waals surface area contributed by atoms with Gasteiger partial charge in [-0.05, 0) is 133 Å². The molecule has 0 spiro atoms. The molecule has 2 aliphatic heterocycles. The molecule has 550 valence electrons. The predicted octanol–water partition coefficient (Wildman–Crippen LogP) is 1.40. The van der Waals surface area contributed by atoms with Gasteiger partial charge in [0.05, 0.1) is 92.1 Å². The fourth-order valence-electron chi connectivity index (χ4n) is 11.8. The topological polar surface area (TPSA) is 460 Å². The van der Waals surface area contributed by atoms with Crippen LogP contribution in [0.2, 0.25) is 0 Å². The number of allylic oxidation sites excluding steroid dienone is 11. The van der Waals surface area contributed by atoms with Crippen LogP contribution in [0, 0.1) is 11.8 Å². The molecule has 0 saturated carbocycles. The van der Waals surface area contributed by atoms with Gasteiger partial charge in [-0.3, -0.25) is 4.79 Å². The molecular weight excluding hydrogens is 1240 g/mol. The molecule has 12 unspecified atom stereocenters. The van der Waals surface area contributed by atoms with Crippen molar-refractivity contribution in [3.63, 3.8) is 0 Å². The standard InChI is InChI=1S/C71H122O24/c1-6-7-8-9-10-11-12-13-14-15-16-17-18-19-27-54(80)65(89)70-68(92)60(86)41-62(95-70)69(93)64(88)45(4)30-33-53(79)61-40-59(85)67(91)71(94-61)66(90)57(83)35-44(3)29-32-50(76)39-58(84)63(87)46(5)36-56(82)55(81)34-43(2)28-31-49(75)38-52(78)37-48(74)26-22-25-47(73)23-20-21-24-51(77)42-72/h6-8,11-16,19,27,35,43,46-51,53-77,79-93H,1,4,9-10,17-18,20-26,28-34,36-42H2,2-3,5H3/b8-7+,12-11+,14-13+,16-15+,27-19+,44-35+/t43?,46?,47?,48?,49?,50?,51?,53-,54+,55?,56?,57-,58?,59-,60-,61?,62-,63?,64-,65+,66+,67-,68-,69+,70+,71+/m1/s1. The number of hydrogen-bond donors (Lipinski definition) is 21. The lowest BCUT2D eigenvalue weighted by Crippen LogP contribution is -2.59. The Morgan fingerprint density at radius 1 is 0.516 bits per heavy atom. The molecule has 2 saturated heterocycles. The van der Waals surface area contributed by atoms with Gasteiger partial charge < -0.3 is 117 Å². The Kier molecular flexibility index (Phi) is 44.8. The number of carbonyl (C=O) groups excluding carboxylic acids is 1. The summed E-state index contributed by atoms with van der Waals surface area (Å²) in [6.07, 6.45) is -6.28. The zero-order chi connectivity index (χ0) is 71.3. The minimum atomic E-state index is -1.84. The van der Waals surface area contributed by atoms with Crippen LogP contribution in [0.15, 0.2) is 97.2 Å². The molecule has 0 aliphatic carbocycles. The lowest BCUT2D eigenvalue weighted by Gasteiger charge is -2.42. The summed E-state index contributed by atoms with van der Waals surface area (Å²) in [5.74, 6) is -1.23. The Morgan fingerprint density at radius 3 is 1.61 bits per heavy atom. The van der Waals surface area contributed by atoms with Gasteiger partial charge in [0.1, 0.15) is 66.8 Å². The Hall–Kier alpha value is -3.33. The fraction of sp³-hybridized carbons (Fsp3) is 0.761. The minimum absolute atomic E-state index is 0.00134. The number of aliphatic hydroxyl groups is 21. The van der Waals surface area contributed by atoms with E-state index >= 15 is 0 Å². The van der Waals surface area contributed by atoms with Crippen molar-refractivity contribution < 1.29 is 122 Å². The molecular formula is C71H122O24.